The number of aliphatic hydroxyl groups is 1. The third kappa shape index (κ3) is 4.53. The van der Waals surface area contributed by atoms with E-state index in [1.54, 1.807) is 30.3 Å². The van der Waals surface area contributed by atoms with Gasteiger partial charge in [0.2, 0.25) is 0 Å². The van der Waals surface area contributed by atoms with Crippen molar-refractivity contribution in [3.63, 3.8) is 0 Å². The molecule has 1 aliphatic heterocycles. The smallest absolute Gasteiger partial charge is 0.406 e. The number of nitrogens with one attached hydrogen (secondary N) is 2. The van der Waals surface area contributed by atoms with Gasteiger partial charge >= 0.3 is 6.36 Å². The van der Waals surface area contributed by atoms with Crippen LogP contribution in [0.1, 0.15) is 10.4 Å². The largest absolute Gasteiger partial charge is 0.573 e. The van der Waals surface area contributed by atoms with Gasteiger partial charge in [0.15, 0.2) is 0 Å². The predicted molar refractivity (Wildman–Crippen MR) is 88.7 cm³/mol. The molecule has 0 aromatic heterocycles. The Morgan fingerprint density at radius 3 is 2.46 bits per heavy atom. The van der Waals surface area contributed by atoms with Crippen molar-refractivity contribution >= 4 is 5.91 Å². The lowest BCUT2D eigenvalue weighted by Gasteiger charge is -2.16. The minimum atomic E-state index is -4.77. The fraction of sp³-hybridized carbons (Fsp3) is 0.278. The van der Waals surface area contributed by atoms with E-state index in [-0.39, 0.29) is 17.7 Å². The van der Waals surface area contributed by atoms with Crippen LogP contribution in [0.5, 0.6) is 5.75 Å². The van der Waals surface area contributed by atoms with Gasteiger partial charge in [-0.3, -0.25) is 4.79 Å². The normalized spacial score (nSPS) is 20.0. The summed E-state index contributed by atoms with van der Waals surface area (Å²) in [6, 6.07) is 11.7. The maximum atomic E-state index is 12.4. The van der Waals surface area contributed by atoms with E-state index in [4.69, 9.17) is 0 Å². The molecule has 0 saturated carbocycles. The Balaban J connectivity index is 1.79. The number of alkyl halides is 3. The highest BCUT2D eigenvalue weighted by Crippen LogP contribution is 2.28. The molecule has 0 aliphatic carbocycles. The third-order valence-corrected chi connectivity index (χ3v) is 4.02. The minimum Gasteiger partial charge on any atom is -0.406 e. The van der Waals surface area contributed by atoms with Gasteiger partial charge in [0.05, 0.1) is 12.1 Å². The Labute approximate surface area is 147 Å². The molecule has 1 heterocycles. The number of halogens is 3. The number of β-amino-alcohol motifs (C(OH)–C–C–N with tert-alkyl or cyclic N) is 1. The van der Waals surface area contributed by atoms with E-state index in [1.165, 1.54) is 18.2 Å². The molecular weight excluding hydrogens is 349 g/mol. The van der Waals surface area contributed by atoms with Crippen molar-refractivity contribution in [1.82, 2.24) is 10.6 Å². The molecule has 2 aromatic rings. The van der Waals surface area contributed by atoms with Crippen molar-refractivity contribution in [2.75, 3.05) is 13.1 Å². The number of hydrogen-bond acceptors (Lipinski definition) is 4. The topological polar surface area (TPSA) is 70.6 Å². The number of amides is 1. The first kappa shape index (κ1) is 18.2. The van der Waals surface area contributed by atoms with Crippen LogP contribution < -0.4 is 15.4 Å². The number of carbonyl (C=O) groups excluding carboxylic acids is 1. The number of aliphatic hydroxyl groups excluding tert-OH is 1. The molecule has 26 heavy (non-hydrogen) atoms. The summed E-state index contributed by atoms with van der Waals surface area (Å²) in [7, 11) is 0. The SMILES string of the molecule is O=C(NC1CNCC1O)c1cccc(-c2cccc(OC(F)(F)F)c2)c1. The zero-order valence-corrected chi connectivity index (χ0v) is 13.6. The summed E-state index contributed by atoms with van der Waals surface area (Å²) in [6.45, 7) is 0.889. The standard InChI is InChI=1S/C18H17F3N2O3/c19-18(20,21)26-14-6-2-4-12(8-14)11-3-1-5-13(7-11)17(25)23-15-9-22-10-16(15)24/h1-8,15-16,22,24H,9-10H2,(H,23,25). The molecule has 3 N–H and O–H groups in total. The van der Waals surface area contributed by atoms with Crippen molar-refractivity contribution in [2.45, 2.75) is 18.5 Å². The summed E-state index contributed by atoms with van der Waals surface area (Å²) in [5.74, 6) is -0.688. The van der Waals surface area contributed by atoms with Crippen LogP contribution in [0.25, 0.3) is 11.1 Å². The van der Waals surface area contributed by atoms with Gasteiger partial charge in [-0.2, -0.15) is 0 Å². The van der Waals surface area contributed by atoms with Gasteiger partial charge < -0.3 is 20.5 Å². The minimum absolute atomic E-state index is 0.329. The van der Waals surface area contributed by atoms with E-state index < -0.39 is 12.5 Å². The molecule has 2 aromatic carbocycles. The molecule has 138 valence electrons. The second kappa shape index (κ2) is 7.35. The molecule has 0 bridgehead atoms. The van der Waals surface area contributed by atoms with Crippen LogP contribution in [0.15, 0.2) is 48.5 Å². The Hall–Kier alpha value is -2.58. The highest BCUT2D eigenvalue weighted by Gasteiger charge is 2.31. The lowest BCUT2D eigenvalue weighted by atomic mass is 10.0. The lowest BCUT2D eigenvalue weighted by molar-refractivity contribution is -0.274. The van der Waals surface area contributed by atoms with Crippen molar-refractivity contribution in [1.29, 1.82) is 0 Å². The molecular formula is C18H17F3N2O3. The first-order valence-corrected chi connectivity index (χ1v) is 7.98. The molecule has 2 atom stereocenters. The lowest BCUT2D eigenvalue weighted by Crippen LogP contribution is -2.42. The average molecular weight is 366 g/mol. The first-order valence-electron chi connectivity index (χ1n) is 7.98. The molecule has 8 heteroatoms. The summed E-state index contributed by atoms with van der Waals surface area (Å²) < 4.78 is 41.0. The molecule has 0 radical (unpaired) electrons. The maximum Gasteiger partial charge on any atom is 0.573 e. The van der Waals surface area contributed by atoms with Gasteiger partial charge in [0.1, 0.15) is 5.75 Å². The first-order chi connectivity index (χ1) is 12.3. The molecule has 1 amide bonds. The Kier molecular flexibility index (Phi) is 5.15. The molecule has 1 saturated heterocycles. The zero-order chi connectivity index (χ0) is 18.7. The van der Waals surface area contributed by atoms with Crippen LogP contribution in [0.2, 0.25) is 0 Å². The van der Waals surface area contributed by atoms with Crippen LogP contribution in [0.3, 0.4) is 0 Å². The number of hydrogen-bond donors (Lipinski definition) is 3. The Morgan fingerprint density at radius 1 is 1.12 bits per heavy atom. The quantitative estimate of drug-likeness (QED) is 0.777. The van der Waals surface area contributed by atoms with Gasteiger partial charge in [-0.25, -0.2) is 0 Å². The molecule has 3 rings (SSSR count). The summed E-state index contributed by atoms with van der Waals surface area (Å²) >= 11 is 0. The van der Waals surface area contributed by atoms with Crippen LogP contribution >= 0.6 is 0 Å². The number of ether oxygens (including phenoxy) is 1. The van der Waals surface area contributed by atoms with Crippen LogP contribution in [-0.4, -0.2) is 42.6 Å². The highest BCUT2D eigenvalue weighted by atomic mass is 19.4. The van der Waals surface area contributed by atoms with Crippen LogP contribution in [0.4, 0.5) is 13.2 Å². The van der Waals surface area contributed by atoms with E-state index >= 15 is 0 Å². The molecule has 2 unspecified atom stereocenters. The van der Waals surface area contributed by atoms with E-state index in [2.05, 4.69) is 15.4 Å². The third-order valence-electron chi connectivity index (χ3n) is 4.02. The van der Waals surface area contributed by atoms with Gasteiger partial charge in [0, 0.05) is 18.7 Å². The van der Waals surface area contributed by atoms with Crippen molar-refractivity contribution in [3.05, 3.63) is 54.1 Å². The second-order valence-electron chi connectivity index (χ2n) is 5.96. The van der Waals surface area contributed by atoms with E-state index in [1.807, 2.05) is 0 Å². The zero-order valence-electron chi connectivity index (χ0n) is 13.6. The van der Waals surface area contributed by atoms with Gasteiger partial charge in [-0.1, -0.05) is 24.3 Å². The summed E-state index contributed by atoms with van der Waals surface area (Å²) in [6.07, 6.45) is -5.42. The molecule has 1 aliphatic rings. The van der Waals surface area contributed by atoms with Crippen molar-refractivity contribution in [2.24, 2.45) is 0 Å². The van der Waals surface area contributed by atoms with Gasteiger partial charge in [-0.05, 0) is 35.4 Å². The Morgan fingerprint density at radius 2 is 1.81 bits per heavy atom. The summed E-state index contributed by atoms with van der Waals surface area (Å²) in [4.78, 5) is 12.4. The van der Waals surface area contributed by atoms with Gasteiger partial charge in [-0.15, -0.1) is 13.2 Å². The van der Waals surface area contributed by atoms with E-state index in [9.17, 15) is 23.1 Å². The van der Waals surface area contributed by atoms with Crippen molar-refractivity contribution in [3.8, 4) is 16.9 Å². The fourth-order valence-electron chi connectivity index (χ4n) is 2.78. The number of rotatable bonds is 4. The number of benzene rings is 2. The van der Waals surface area contributed by atoms with E-state index in [0.717, 1.165) is 0 Å². The molecule has 0 spiro atoms. The number of carbonyl (C=O) groups is 1. The summed E-state index contributed by atoms with van der Waals surface area (Å²) in [5, 5.41) is 15.5. The maximum absolute atomic E-state index is 12.4. The fourth-order valence-corrected chi connectivity index (χ4v) is 2.78. The average Bonchev–Trinajstić information content (AvgIpc) is 2.98. The molecule has 5 nitrogen and oxygen atoms in total. The van der Waals surface area contributed by atoms with Crippen molar-refractivity contribution < 1.29 is 27.8 Å². The summed E-state index contributed by atoms with van der Waals surface area (Å²) in [5.41, 5.74) is 1.42. The van der Waals surface area contributed by atoms with Gasteiger partial charge in [0.25, 0.3) is 5.91 Å². The highest BCUT2D eigenvalue weighted by molar-refractivity contribution is 5.95. The predicted octanol–water partition coefficient (Wildman–Crippen LogP) is 2.31. The van der Waals surface area contributed by atoms with E-state index in [0.29, 0.717) is 29.8 Å². The second-order valence-corrected chi connectivity index (χ2v) is 5.96. The Bertz CT molecular complexity index is 795. The van der Waals surface area contributed by atoms with Crippen LogP contribution in [-0.2, 0) is 0 Å². The van der Waals surface area contributed by atoms with Crippen LogP contribution in [0, 0.1) is 0 Å². The molecule has 1 fully saturated rings. The monoisotopic (exact) mass is 366 g/mol.